The van der Waals surface area contributed by atoms with E-state index >= 15 is 0 Å². The molecule has 4 aromatic rings. The van der Waals surface area contributed by atoms with E-state index in [0.717, 1.165) is 73.6 Å². The molecule has 0 saturated carbocycles. The van der Waals surface area contributed by atoms with Crippen molar-refractivity contribution in [1.82, 2.24) is 35.0 Å². The highest BCUT2D eigenvalue weighted by Crippen LogP contribution is 2.43. The Kier molecular flexibility index (Phi) is 21.8. The standard InChI is InChI=1S/C62H83B2N9O15/c1-41-31-46-52(73(64(4)80)62(88-59-16-8-10-24-85-59)50-14-12-22-70(50)60(46)77)36-53(41)86-39-43-32-44(40-87-55-37-51-47(35-54(55)81-5)61(78)69-21-11-13-49(69)42(2)72(51)63(3)79)34-45(33-43)48-38-68(67-66-48)23-26-83-28-30-84-29-27-82-25-19-65-56(74)15-7-6-9-20-71-57(75)17-18-58(71)76/h17-18,31-38,42,49-50,59,62,79-80H,6-16,19-30,39-40H2,1-5H3,(H,65,74)/t42-,49-,50-,59?,62-/m0/s1. The molecule has 0 radical (unpaired) electrons. The molecule has 7 heterocycles. The Balaban J connectivity index is 0.781. The van der Waals surface area contributed by atoms with Gasteiger partial charge in [0.2, 0.25) is 5.91 Å². The van der Waals surface area contributed by atoms with Crippen molar-refractivity contribution in [2.45, 2.75) is 149 Å². The van der Waals surface area contributed by atoms with Crippen LogP contribution in [0.1, 0.15) is 115 Å². The summed E-state index contributed by atoms with van der Waals surface area (Å²) in [6.45, 7) is 12.6. The first-order chi connectivity index (χ1) is 42.7. The van der Waals surface area contributed by atoms with Crippen LogP contribution >= 0.6 is 0 Å². The van der Waals surface area contributed by atoms with Crippen molar-refractivity contribution in [1.29, 1.82) is 0 Å². The number of imide groups is 1. The second-order valence-electron chi connectivity index (χ2n) is 23.4. The lowest BCUT2D eigenvalue weighted by atomic mass is 9.80. The van der Waals surface area contributed by atoms with E-state index in [1.54, 1.807) is 35.3 Å². The fourth-order valence-electron chi connectivity index (χ4n) is 12.8. The van der Waals surface area contributed by atoms with Crippen molar-refractivity contribution in [2.75, 3.05) is 89.2 Å². The SMILES string of the molecule is COc1cc2c(cc1OCc1cc(COc3cc4c(cc3C)C(=O)N3CCC[C@H]3[C@H](OC3CCCCO3)N4B(C)O)cc(-c3cn(CCOCCOCCOCCNC(=O)CCCCCN4C(=O)C=CC4=O)nn3)c1)N(B(C)O)[C@@H](C)[C@@H]1CCCN1C2=O. The molecule has 0 bridgehead atoms. The highest BCUT2D eigenvalue weighted by molar-refractivity contribution is 6.54. The summed E-state index contributed by atoms with van der Waals surface area (Å²) in [7, 11) is -0.364. The first-order valence-electron chi connectivity index (χ1n) is 31.2. The highest BCUT2D eigenvalue weighted by Gasteiger charge is 2.47. The molecule has 3 aromatic carbocycles. The van der Waals surface area contributed by atoms with Crippen molar-refractivity contribution < 1.29 is 71.9 Å². The van der Waals surface area contributed by atoms with Crippen molar-refractivity contribution in [3.8, 4) is 28.5 Å². The number of nitrogens with zero attached hydrogens (tertiary/aromatic N) is 8. The van der Waals surface area contributed by atoms with Gasteiger partial charge >= 0.3 is 14.1 Å². The van der Waals surface area contributed by atoms with Crippen LogP contribution in [0.15, 0.2) is 60.8 Å². The summed E-state index contributed by atoms with van der Waals surface area (Å²) < 4.78 is 50.8. The number of benzene rings is 3. The first-order valence-corrected chi connectivity index (χ1v) is 31.2. The predicted molar refractivity (Wildman–Crippen MR) is 327 cm³/mol. The van der Waals surface area contributed by atoms with E-state index in [9.17, 15) is 34.0 Å². The van der Waals surface area contributed by atoms with Crippen LogP contribution in [0.5, 0.6) is 17.2 Å². The number of hydrogen-bond acceptors (Lipinski definition) is 19. The molecule has 472 valence electrons. The van der Waals surface area contributed by atoms with Crippen LogP contribution in [0.3, 0.4) is 0 Å². The molecule has 24 nitrogen and oxygen atoms in total. The van der Waals surface area contributed by atoms with Crippen LogP contribution in [0, 0.1) is 6.92 Å². The summed E-state index contributed by atoms with van der Waals surface area (Å²) >= 11 is 0. The van der Waals surface area contributed by atoms with Crippen LogP contribution in [0.4, 0.5) is 11.4 Å². The van der Waals surface area contributed by atoms with Crippen LogP contribution in [-0.2, 0) is 57.8 Å². The Morgan fingerprint density at radius 2 is 1.34 bits per heavy atom. The fraction of sp³-hybridized carbons (Fsp3) is 0.565. The van der Waals surface area contributed by atoms with Gasteiger partial charge in [0.1, 0.15) is 30.9 Å². The van der Waals surface area contributed by atoms with E-state index < -0.39 is 26.6 Å². The minimum absolute atomic E-state index is 0.0548. The smallest absolute Gasteiger partial charge is 0.411 e. The monoisotopic (exact) mass is 1220 g/mol. The van der Waals surface area contributed by atoms with Gasteiger partial charge in [-0.1, -0.05) is 11.6 Å². The summed E-state index contributed by atoms with van der Waals surface area (Å²) in [6.07, 6.45) is 11.6. The Labute approximate surface area is 514 Å². The average molecular weight is 1220 g/mol. The van der Waals surface area contributed by atoms with Gasteiger partial charge in [-0.05, 0) is 132 Å². The van der Waals surface area contributed by atoms with Gasteiger partial charge in [-0.3, -0.25) is 28.9 Å². The van der Waals surface area contributed by atoms with Crippen LogP contribution in [0.2, 0.25) is 13.6 Å². The zero-order valence-corrected chi connectivity index (χ0v) is 51.3. The lowest BCUT2D eigenvalue weighted by Crippen LogP contribution is -2.56. The molecule has 0 spiro atoms. The number of hydrogen-bond donors (Lipinski definition) is 3. The molecule has 6 aliphatic rings. The molecule has 1 aromatic heterocycles. The molecule has 0 aliphatic carbocycles. The van der Waals surface area contributed by atoms with Crippen molar-refractivity contribution in [3.05, 3.63) is 88.6 Å². The van der Waals surface area contributed by atoms with Gasteiger partial charge in [0.25, 0.3) is 23.6 Å². The number of anilines is 2. The summed E-state index contributed by atoms with van der Waals surface area (Å²) in [5, 5.41) is 34.6. The van der Waals surface area contributed by atoms with E-state index in [0.29, 0.717) is 144 Å². The van der Waals surface area contributed by atoms with Gasteiger partial charge in [0, 0.05) is 86.5 Å². The molecule has 3 fully saturated rings. The molecular formula is C62H83B2N9O15. The van der Waals surface area contributed by atoms with Gasteiger partial charge in [0.15, 0.2) is 17.8 Å². The van der Waals surface area contributed by atoms with E-state index in [-0.39, 0.29) is 60.9 Å². The second kappa shape index (κ2) is 30.0. The number of rotatable bonds is 30. The third-order valence-corrected chi connectivity index (χ3v) is 17.2. The lowest BCUT2D eigenvalue weighted by molar-refractivity contribution is -0.194. The highest BCUT2D eigenvalue weighted by atomic mass is 16.7. The van der Waals surface area contributed by atoms with Gasteiger partial charge in [-0.2, -0.15) is 0 Å². The van der Waals surface area contributed by atoms with E-state index in [4.69, 9.17) is 37.9 Å². The minimum Gasteiger partial charge on any atom is -0.493 e. The number of amides is 5. The normalized spacial score (nSPS) is 20.7. The number of aryl methyl sites for hydroxylation is 1. The third-order valence-electron chi connectivity index (χ3n) is 17.2. The quantitative estimate of drug-likeness (QED) is 0.0335. The van der Waals surface area contributed by atoms with E-state index in [1.165, 1.54) is 24.2 Å². The molecule has 10 rings (SSSR count). The Morgan fingerprint density at radius 1 is 0.705 bits per heavy atom. The number of aromatic nitrogens is 3. The zero-order chi connectivity index (χ0) is 61.8. The zero-order valence-electron chi connectivity index (χ0n) is 51.3. The first kappa shape index (κ1) is 63.9. The maximum Gasteiger partial charge on any atom is 0.411 e. The Morgan fingerprint density at radius 3 is 2.02 bits per heavy atom. The second-order valence-corrected chi connectivity index (χ2v) is 23.4. The average Bonchev–Trinajstić information content (AvgIpc) is 1.73. The van der Waals surface area contributed by atoms with E-state index in [2.05, 4.69) is 15.6 Å². The largest absolute Gasteiger partial charge is 0.493 e. The van der Waals surface area contributed by atoms with E-state index in [1.807, 2.05) is 65.0 Å². The maximum absolute atomic E-state index is 14.4. The topological polar surface area (TPSA) is 259 Å². The molecule has 3 saturated heterocycles. The third kappa shape index (κ3) is 15.1. The minimum atomic E-state index is -1.01. The molecule has 6 aliphatic heterocycles. The molecule has 3 N–H and O–H groups in total. The molecule has 26 heteroatoms. The number of carbonyl (C=O) groups is 5. The van der Waals surface area contributed by atoms with Crippen molar-refractivity contribution in [3.63, 3.8) is 0 Å². The van der Waals surface area contributed by atoms with Gasteiger partial charge in [-0.15, -0.1) is 5.10 Å². The number of ether oxygens (including phenoxy) is 8. The molecule has 1 unspecified atom stereocenters. The lowest BCUT2D eigenvalue weighted by Gasteiger charge is -2.40. The van der Waals surface area contributed by atoms with Crippen molar-refractivity contribution >= 4 is 55.0 Å². The number of unbranched alkanes of at least 4 members (excludes halogenated alkanes) is 2. The summed E-state index contributed by atoms with van der Waals surface area (Å²) in [5.41, 5.74) is 5.61. The van der Waals surface area contributed by atoms with Crippen molar-refractivity contribution in [2.24, 2.45) is 0 Å². The van der Waals surface area contributed by atoms with Gasteiger partial charge < -0.3 is 72.7 Å². The summed E-state index contributed by atoms with van der Waals surface area (Å²) in [6, 6.07) is 12.6. The summed E-state index contributed by atoms with van der Waals surface area (Å²) in [4.78, 5) is 72.7. The van der Waals surface area contributed by atoms with Gasteiger partial charge in [-0.25, -0.2) is 4.68 Å². The number of nitrogens with one attached hydrogen (secondary N) is 1. The van der Waals surface area contributed by atoms with Gasteiger partial charge in [0.05, 0.1) is 82.7 Å². The Bertz CT molecular complexity index is 3120. The molecule has 5 atom stereocenters. The van der Waals surface area contributed by atoms with Crippen LogP contribution in [0.25, 0.3) is 11.3 Å². The maximum atomic E-state index is 14.4. The summed E-state index contributed by atoms with van der Waals surface area (Å²) in [5.74, 6) is 0.412. The van der Waals surface area contributed by atoms with Crippen LogP contribution in [-0.4, -0.2) is 194 Å². The Hall–Kier alpha value is -7.06. The number of fused-ring (bicyclic) bond motifs is 4. The predicted octanol–water partition coefficient (Wildman–Crippen LogP) is 5.40. The van der Waals surface area contributed by atoms with Crippen LogP contribution < -0.4 is 29.1 Å². The molecular weight excluding hydrogens is 1130 g/mol. The number of methoxy groups -OCH3 is 1. The molecule has 5 amide bonds. The molecule has 88 heavy (non-hydrogen) atoms. The fourth-order valence-corrected chi connectivity index (χ4v) is 12.8. The number of carbonyl (C=O) groups excluding carboxylic acids is 5.